The summed E-state index contributed by atoms with van der Waals surface area (Å²) in [4.78, 5) is 17.3. The molecule has 0 fully saturated rings. The minimum atomic E-state index is -0.504. The van der Waals surface area contributed by atoms with Gasteiger partial charge in [-0.15, -0.1) is 0 Å². The Morgan fingerprint density at radius 2 is 1.93 bits per heavy atom. The van der Waals surface area contributed by atoms with Gasteiger partial charge in [-0.3, -0.25) is 4.79 Å². The first-order valence-corrected chi connectivity index (χ1v) is 9.70. The van der Waals surface area contributed by atoms with Crippen molar-refractivity contribution in [3.8, 4) is 0 Å². The number of pyridine rings is 1. The molecule has 1 atom stereocenters. The average molecular weight is 374 g/mol. The Bertz CT molecular complexity index is 1210. The summed E-state index contributed by atoms with van der Waals surface area (Å²) in [7, 11) is 2.05. The summed E-state index contributed by atoms with van der Waals surface area (Å²) in [6, 6.07) is 13.7. The lowest BCUT2D eigenvalue weighted by molar-refractivity contribution is -0.117. The monoisotopic (exact) mass is 374 g/mol. The number of aryl methyl sites for hydroxylation is 2. The van der Waals surface area contributed by atoms with Crippen LogP contribution in [0.15, 0.2) is 42.5 Å². The van der Waals surface area contributed by atoms with E-state index in [1.807, 2.05) is 31.3 Å². The molecule has 0 aliphatic carbocycles. The molecular weight excluding hydrogens is 348 g/mol. The maximum atomic E-state index is 12.4. The van der Waals surface area contributed by atoms with E-state index in [2.05, 4.69) is 48.9 Å². The van der Waals surface area contributed by atoms with Crippen LogP contribution < -0.4 is 11.1 Å². The summed E-state index contributed by atoms with van der Waals surface area (Å²) in [5.74, 6) is 0.230. The highest BCUT2D eigenvalue weighted by molar-refractivity contribution is 6.13. The van der Waals surface area contributed by atoms with Crippen molar-refractivity contribution in [1.29, 1.82) is 0 Å². The summed E-state index contributed by atoms with van der Waals surface area (Å²) in [5, 5.41) is 6.35. The van der Waals surface area contributed by atoms with Crippen LogP contribution in [-0.2, 0) is 11.8 Å². The van der Waals surface area contributed by atoms with E-state index >= 15 is 0 Å². The number of amides is 1. The van der Waals surface area contributed by atoms with E-state index in [1.54, 1.807) is 0 Å². The Morgan fingerprint density at radius 3 is 2.68 bits per heavy atom. The predicted octanol–water partition coefficient (Wildman–Crippen LogP) is 4.50. The minimum Gasteiger partial charge on any atom is -0.328 e. The number of nitrogens with two attached hydrogens (primary N) is 1. The SMILES string of the molecule is Cc1c2cc(NC(=O)[C@@H](N)CC(C)C)ccc2nc2c1c1ccccc1n2C. The summed E-state index contributed by atoms with van der Waals surface area (Å²) >= 11 is 0. The van der Waals surface area contributed by atoms with Crippen LogP contribution in [0.1, 0.15) is 25.8 Å². The zero-order chi connectivity index (χ0) is 20.0. The smallest absolute Gasteiger partial charge is 0.241 e. The van der Waals surface area contributed by atoms with E-state index < -0.39 is 6.04 Å². The van der Waals surface area contributed by atoms with Crippen molar-refractivity contribution in [1.82, 2.24) is 9.55 Å². The Balaban J connectivity index is 1.81. The van der Waals surface area contributed by atoms with Gasteiger partial charge in [-0.05, 0) is 49.1 Å². The predicted molar refractivity (Wildman–Crippen MR) is 117 cm³/mol. The van der Waals surface area contributed by atoms with Gasteiger partial charge in [-0.25, -0.2) is 4.98 Å². The number of hydrogen-bond acceptors (Lipinski definition) is 3. The Hall–Kier alpha value is -2.92. The van der Waals surface area contributed by atoms with Crippen molar-refractivity contribution in [2.45, 2.75) is 33.2 Å². The number of carbonyl (C=O) groups excluding carboxylic acids is 1. The van der Waals surface area contributed by atoms with E-state index in [4.69, 9.17) is 10.7 Å². The number of para-hydroxylation sites is 1. The number of rotatable bonds is 4. The molecule has 0 aliphatic rings. The average Bonchev–Trinajstić information content (AvgIpc) is 2.95. The number of anilines is 1. The van der Waals surface area contributed by atoms with Gasteiger partial charge in [-0.2, -0.15) is 0 Å². The number of fused-ring (bicyclic) bond motifs is 4. The molecule has 2 aromatic heterocycles. The van der Waals surface area contributed by atoms with Gasteiger partial charge in [0.1, 0.15) is 5.65 Å². The highest BCUT2D eigenvalue weighted by atomic mass is 16.2. The van der Waals surface area contributed by atoms with Crippen LogP contribution >= 0.6 is 0 Å². The topological polar surface area (TPSA) is 72.9 Å². The van der Waals surface area contributed by atoms with Gasteiger partial charge >= 0.3 is 0 Å². The lowest BCUT2D eigenvalue weighted by Crippen LogP contribution is -2.36. The van der Waals surface area contributed by atoms with Gasteiger partial charge < -0.3 is 15.6 Å². The molecule has 4 aromatic rings. The van der Waals surface area contributed by atoms with Crippen molar-refractivity contribution in [3.05, 3.63) is 48.0 Å². The summed E-state index contributed by atoms with van der Waals surface area (Å²) < 4.78 is 2.14. The lowest BCUT2D eigenvalue weighted by Gasteiger charge is -2.15. The summed E-state index contributed by atoms with van der Waals surface area (Å²) in [6.07, 6.45) is 0.663. The molecule has 0 saturated carbocycles. The summed E-state index contributed by atoms with van der Waals surface area (Å²) in [6.45, 7) is 6.25. The highest BCUT2D eigenvalue weighted by Gasteiger charge is 2.17. The molecule has 0 radical (unpaired) electrons. The number of nitrogens with one attached hydrogen (secondary N) is 1. The maximum absolute atomic E-state index is 12.4. The quantitative estimate of drug-likeness (QED) is 0.552. The molecule has 0 spiro atoms. The number of aromatic nitrogens is 2. The van der Waals surface area contributed by atoms with E-state index in [0.29, 0.717) is 12.3 Å². The highest BCUT2D eigenvalue weighted by Crippen LogP contribution is 2.34. The second-order valence-corrected chi connectivity index (χ2v) is 7.97. The molecule has 0 unspecified atom stereocenters. The second-order valence-electron chi connectivity index (χ2n) is 7.97. The van der Waals surface area contributed by atoms with Crippen molar-refractivity contribution in [2.75, 3.05) is 5.32 Å². The molecule has 0 bridgehead atoms. The van der Waals surface area contributed by atoms with E-state index in [1.165, 1.54) is 10.9 Å². The fraction of sp³-hybridized carbons (Fsp3) is 0.304. The number of benzene rings is 2. The fourth-order valence-corrected chi connectivity index (χ4v) is 3.99. The fourth-order valence-electron chi connectivity index (χ4n) is 3.99. The first-order valence-electron chi connectivity index (χ1n) is 9.70. The van der Waals surface area contributed by atoms with Crippen LogP contribution in [0, 0.1) is 12.8 Å². The molecule has 4 rings (SSSR count). The molecule has 2 heterocycles. The first-order chi connectivity index (χ1) is 13.4. The number of hydrogen-bond donors (Lipinski definition) is 2. The molecule has 1 amide bonds. The molecule has 2 aromatic carbocycles. The standard InChI is InChI=1S/C23H26N4O/c1-13(2)11-18(24)23(28)25-15-9-10-19-17(12-15)14(3)21-16-7-5-6-8-20(16)27(4)22(21)26-19/h5-10,12-13,18H,11,24H2,1-4H3,(H,25,28)/t18-/m0/s1. The van der Waals surface area contributed by atoms with E-state index in [9.17, 15) is 4.79 Å². The second kappa shape index (κ2) is 6.91. The Morgan fingerprint density at radius 1 is 1.18 bits per heavy atom. The molecular formula is C23H26N4O. The lowest BCUT2D eigenvalue weighted by atomic mass is 10.0. The van der Waals surface area contributed by atoms with Crippen molar-refractivity contribution in [3.63, 3.8) is 0 Å². The zero-order valence-corrected chi connectivity index (χ0v) is 16.8. The molecule has 3 N–H and O–H groups in total. The van der Waals surface area contributed by atoms with Gasteiger partial charge in [-0.1, -0.05) is 32.0 Å². The first kappa shape index (κ1) is 18.4. The summed E-state index contributed by atoms with van der Waals surface area (Å²) in [5.41, 5.74) is 11.0. The molecule has 5 heteroatoms. The third kappa shape index (κ3) is 3.02. The van der Waals surface area contributed by atoms with Gasteiger partial charge in [0, 0.05) is 28.9 Å². The van der Waals surface area contributed by atoms with Crippen LogP contribution in [0.2, 0.25) is 0 Å². The van der Waals surface area contributed by atoms with Crippen molar-refractivity contribution < 1.29 is 4.79 Å². The Kier molecular flexibility index (Phi) is 4.55. The third-order valence-electron chi connectivity index (χ3n) is 5.41. The van der Waals surface area contributed by atoms with Crippen LogP contribution in [0.4, 0.5) is 5.69 Å². The number of carbonyl (C=O) groups is 1. The normalized spacial score (nSPS) is 12.9. The third-order valence-corrected chi connectivity index (χ3v) is 5.41. The Labute approximate surface area is 164 Å². The molecule has 144 valence electrons. The van der Waals surface area contributed by atoms with Crippen molar-refractivity contribution in [2.24, 2.45) is 18.7 Å². The van der Waals surface area contributed by atoms with Crippen LogP contribution in [0.3, 0.4) is 0 Å². The van der Waals surface area contributed by atoms with Gasteiger partial charge in [0.05, 0.1) is 17.1 Å². The van der Waals surface area contributed by atoms with Crippen LogP contribution in [-0.4, -0.2) is 21.5 Å². The van der Waals surface area contributed by atoms with Gasteiger partial charge in [0.25, 0.3) is 0 Å². The number of nitrogens with zero attached hydrogens (tertiary/aromatic N) is 2. The van der Waals surface area contributed by atoms with Crippen molar-refractivity contribution >= 4 is 44.4 Å². The molecule has 0 saturated heterocycles. The van der Waals surface area contributed by atoms with Gasteiger partial charge in [0.15, 0.2) is 0 Å². The van der Waals surface area contributed by atoms with Crippen LogP contribution in [0.25, 0.3) is 32.8 Å². The molecule has 0 aliphatic heterocycles. The van der Waals surface area contributed by atoms with E-state index in [0.717, 1.165) is 33.1 Å². The van der Waals surface area contributed by atoms with Gasteiger partial charge in [0.2, 0.25) is 5.91 Å². The van der Waals surface area contributed by atoms with E-state index in [-0.39, 0.29) is 5.91 Å². The van der Waals surface area contributed by atoms with Crippen LogP contribution in [0.5, 0.6) is 0 Å². The largest absolute Gasteiger partial charge is 0.328 e. The minimum absolute atomic E-state index is 0.148. The zero-order valence-electron chi connectivity index (χ0n) is 16.8. The molecule has 28 heavy (non-hydrogen) atoms. The molecule has 5 nitrogen and oxygen atoms in total. The maximum Gasteiger partial charge on any atom is 0.241 e.